The van der Waals surface area contributed by atoms with Crippen LogP contribution in [0.5, 0.6) is 0 Å². The van der Waals surface area contributed by atoms with Gasteiger partial charge in [0.1, 0.15) is 0 Å². The Morgan fingerprint density at radius 3 is 2.05 bits per heavy atom. The minimum absolute atomic E-state index is 0.0276. The van der Waals surface area contributed by atoms with Crippen LogP contribution in [-0.2, 0) is 9.31 Å². The van der Waals surface area contributed by atoms with Gasteiger partial charge in [0, 0.05) is 12.0 Å². The highest BCUT2D eigenvalue weighted by molar-refractivity contribution is 6.47. The summed E-state index contributed by atoms with van der Waals surface area (Å²) in [7, 11) is -0.329. The Kier molecular flexibility index (Phi) is 4.32. The summed E-state index contributed by atoms with van der Waals surface area (Å²) in [6.07, 6.45) is 0.430. The van der Waals surface area contributed by atoms with Gasteiger partial charge in [0.15, 0.2) is 5.78 Å². The van der Waals surface area contributed by atoms with E-state index in [0.29, 0.717) is 6.42 Å². The van der Waals surface area contributed by atoms with Gasteiger partial charge in [-0.3, -0.25) is 4.79 Å². The molecule has 1 heterocycles. The summed E-state index contributed by atoms with van der Waals surface area (Å²) in [5, 5.41) is 0. The number of aryl methyl sites for hydroxylation is 1. The van der Waals surface area contributed by atoms with E-state index in [1.54, 1.807) is 0 Å². The zero-order valence-electron chi connectivity index (χ0n) is 13.9. The first-order chi connectivity index (χ1) is 9.62. The summed E-state index contributed by atoms with van der Waals surface area (Å²) < 4.78 is 12.0. The van der Waals surface area contributed by atoms with Crippen molar-refractivity contribution < 1.29 is 14.1 Å². The van der Waals surface area contributed by atoms with Crippen LogP contribution in [0.4, 0.5) is 0 Å². The maximum Gasteiger partial charge on any atom is 0.461 e. The Hall–Kier alpha value is -1.13. The van der Waals surface area contributed by atoms with Gasteiger partial charge in [0.05, 0.1) is 11.2 Å². The summed E-state index contributed by atoms with van der Waals surface area (Å²) in [6.45, 7) is 12.1. The van der Waals surface area contributed by atoms with Crippen molar-refractivity contribution >= 4 is 12.9 Å². The number of ketones is 1. The van der Waals surface area contributed by atoms with Crippen molar-refractivity contribution in [1.82, 2.24) is 0 Å². The fourth-order valence-electron chi connectivity index (χ4n) is 2.37. The van der Waals surface area contributed by atoms with E-state index < -0.39 is 0 Å². The topological polar surface area (TPSA) is 35.5 Å². The van der Waals surface area contributed by atoms with Crippen LogP contribution in [0.25, 0.3) is 0 Å². The van der Waals surface area contributed by atoms with Crippen molar-refractivity contribution in [1.29, 1.82) is 0 Å². The minimum Gasteiger partial charge on any atom is -0.403 e. The highest BCUT2D eigenvalue weighted by Gasteiger charge is 2.52. The molecule has 0 bridgehead atoms. The van der Waals surface area contributed by atoms with Crippen molar-refractivity contribution in [3.05, 3.63) is 35.4 Å². The smallest absolute Gasteiger partial charge is 0.403 e. The van der Waals surface area contributed by atoms with E-state index in [4.69, 9.17) is 9.31 Å². The van der Waals surface area contributed by atoms with Crippen molar-refractivity contribution in [2.75, 3.05) is 0 Å². The maximum absolute atomic E-state index is 12.3. The summed E-state index contributed by atoms with van der Waals surface area (Å²) in [6, 6.07) is 7.70. The molecule has 0 unspecified atom stereocenters. The molecule has 0 saturated carbocycles. The molecule has 0 spiro atoms. The average Bonchev–Trinajstić information content (AvgIpc) is 2.59. The summed E-state index contributed by atoms with van der Waals surface area (Å²) in [5.74, 6) is 0.164. The Morgan fingerprint density at radius 2 is 1.57 bits per heavy atom. The lowest BCUT2D eigenvalue weighted by Gasteiger charge is -2.32. The largest absolute Gasteiger partial charge is 0.461 e. The van der Waals surface area contributed by atoms with Gasteiger partial charge in [-0.2, -0.15) is 0 Å². The molecule has 0 N–H and O–H groups in total. The van der Waals surface area contributed by atoms with E-state index in [-0.39, 0.29) is 29.9 Å². The maximum atomic E-state index is 12.3. The zero-order valence-corrected chi connectivity index (χ0v) is 13.9. The first-order valence-corrected chi connectivity index (χ1v) is 7.58. The second-order valence-corrected chi connectivity index (χ2v) is 7.10. The molecule has 0 aliphatic carbocycles. The summed E-state index contributed by atoms with van der Waals surface area (Å²) in [4.78, 5) is 12.3. The van der Waals surface area contributed by atoms with Crippen LogP contribution in [0, 0.1) is 6.92 Å². The van der Waals surface area contributed by atoms with E-state index in [0.717, 1.165) is 11.1 Å². The number of Topliss-reactive ketones (excluding diaryl/α,β-unsaturated/α-hetero) is 1. The van der Waals surface area contributed by atoms with Gasteiger partial charge in [-0.25, -0.2) is 0 Å². The third-order valence-electron chi connectivity index (χ3n) is 4.62. The molecule has 0 aromatic heterocycles. The van der Waals surface area contributed by atoms with Gasteiger partial charge < -0.3 is 9.31 Å². The van der Waals surface area contributed by atoms with Gasteiger partial charge >= 0.3 is 7.12 Å². The standard InChI is InChI=1S/C17H25BO3/c1-12-7-9-14(10-8-12)15(19)11-13(2)18-20-16(3,4)17(5,6)21-18/h7-10,13H,11H2,1-6H3/t13-/m0/s1. The molecule has 0 amide bonds. The number of carbonyl (C=O) groups is 1. The molecule has 21 heavy (non-hydrogen) atoms. The lowest BCUT2D eigenvalue weighted by molar-refractivity contribution is 0.00578. The van der Waals surface area contributed by atoms with Crippen molar-refractivity contribution in [2.24, 2.45) is 0 Å². The Labute approximate surface area is 128 Å². The predicted octanol–water partition coefficient (Wildman–Crippen LogP) is 4.05. The first kappa shape index (κ1) is 16.2. The molecule has 1 aliphatic rings. The van der Waals surface area contributed by atoms with Crippen molar-refractivity contribution in [3.63, 3.8) is 0 Å². The van der Waals surface area contributed by atoms with Crippen LogP contribution < -0.4 is 0 Å². The zero-order chi connectivity index (χ0) is 15.8. The number of benzene rings is 1. The molecule has 0 radical (unpaired) electrons. The molecule has 114 valence electrons. The number of rotatable bonds is 4. The normalized spacial score (nSPS) is 21.3. The van der Waals surface area contributed by atoms with Crippen LogP contribution in [0.3, 0.4) is 0 Å². The van der Waals surface area contributed by atoms with Gasteiger partial charge in [-0.1, -0.05) is 36.8 Å². The third-order valence-corrected chi connectivity index (χ3v) is 4.62. The molecule has 3 nitrogen and oxygen atoms in total. The lowest BCUT2D eigenvalue weighted by Crippen LogP contribution is -2.41. The fourth-order valence-corrected chi connectivity index (χ4v) is 2.37. The molecule has 1 aromatic carbocycles. The predicted molar refractivity (Wildman–Crippen MR) is 85.6 cm³/mol. The molecular weight excluding hydrogens is 263 g/mol. The number of hydrogen-bond acceptors (Lipinski definition) is 3. The molecule has 4 heteroatoms. The SMILES string of the molecule is Cc1ccc(C(=O)C[C@H](C)B2OC(C)(C)C(C)(C)O2)cc1. The minimum atomic E-state index is -0.348. The molecule has 1 saturated heterocycles. The van der Waals surface area contributed by atoms with Crippen molar-refractivity contribution in [2.45, 2.75) is 65.0 Å². The summed E-state index contributed by atoms with van der Waals surface area (Å²) >= 11 is 0. The quantitative estimate of drug-likeness (QED) is 0.619. The Balaban J connectivity index is 2.01. The Bertz CT molecular complexity index is 503. The van der Waals surface area contributed by atoms with Crippen LogP contribution in [0.2, 0.25) is 5.82 Å². The van der Waals surface area contributed by atoms with E-state index in [1.807, 2.05) is 65.8 Å². The highest BCUT2D eigenvalue weighted by Crippen LogP contribution is 2.40. The molecule has 1 aromatic rings. The highest BCUT2D eigenvalue weighted by atomic mass is 16.7. The van der Waals surface area contributed by atoms with Gasteiger partial charge in [0.2, 0.25) is 0 Å². The second-order valence-electron chi connectivity index (χ2n) is 7.10. The molecule has 1 aliphatic heterocycles. The van der Waals surface area contributed by atoms with Crippen LogP contribution >= 0.6 is 0 Å². The average molecular weight is 288 g/mol. The second kappa shape index (κ2) is 5.58. The first-order valence-electron chi connectivity index (χ1n) is 7.58. The van der Waals surface area contributed by atoms with E-state index in [1.165, 1.54) is 0 Å². The number of carbonyl (C=O) groups excluding carboxylic acids is 1. The van der Waals surface area contributed by atoms with Gasteiger partial charge in [-0.05, 0) is 40.4 Å². The molecule has 2 rings (SSSR count). The lowest BCUT2D eigenvalue weighted by atomic mass is 9.70. The third kappa shape index (κ3) is 3.38. The van der Waals surface area contributed by atoms with Crippen LogP contribution in [0.1, 0.15) is 57.0 Å². The number of hydrogen-bond donors (Lipinski definition) is 0. The molecule has 1 fully saturated rings. The van der Waals surface area contributed by atoms with Gasteiger partial charge in [-0.15, -0.1) is 0 Å². The Morgan fingerprint density at radius 1 is 1.10 bits per heavy atom. The monoisotopic (exact) mass is 288 g/mol. The molecular formula is C17H25BO3. The van der Waals surface area contributed by atoms with Gasteiger partial charge in [0.25, 0.3) is 0 Å². The molecule has 1 atom stereocenters. The summed E-state index contributed by atoms with van der Waals surface area (Å²) in [5.41, 5.74) is 1.21. The van der Waals surface area contributed by atoms with Crippen molar-refractivity contribution in [3.8, 4) is 0 Å². The van der Waals surface area contributed by atoms with E-state index in [2.05, 4.69) is 0 Å². The van der Waals surface area contributed by atoms with E-state index >= 15 is 0 Å². The van der Waals surface area contributed by atoms with Crippen LogP contribution in [0.15, 0.2) is 24.3 Å². The van der Waals surface area contributed by atoms with E-state index in [9.17, 15) is 4.79 Å². The van der Waals surface area contributed by atoms with Crippen LogP contribution in [-0.4, -0.2) is 24.1 Å². The fraction of sp³-hybridized carbons (Fsp3) is 0.588.